The Morgan fingerprint density at radius 3 is 2.57 bits per heavy atom. The van der Waals surface area contributed by atoms with Crippen molar-refractivity contribution in [2.45, 2.75) is 27.3 Å². The average molecular weight is 304 g/mol. The van der Waals surface area contributed by atoms with Crippen LogP contribution >= 0.6 is 11.6 Å². The molecule has 2 aromatic rings. The first-order chi connectivity index (χ1) is 10.2. The van der Waals surface area contributed by atoms with E-state index < -0.39 is 0 Å². The summed E-state index contributed by atoms with van der Waals surface area (Å²) in [6.07, 6.45) is 0. The van der Waals surface area contributed by atoms with Gasteiger partial charge in [-0.3, -0.25) is 0 Å². The third-order valence-corrected chi connectivity index (χ3v) is 3.80. The number of nitrogens with zero attached hydrogens (tertiary/aromatic N) is 2. The maximum atomic E-state index is 6.31. The van der Waals surface area contributed by atoms with Gasteiger partial charge in [0.05, 0.1) is 17.3 Å². The molecule has 1 aromatic carbocycles. The zero-order chi connectivity index (χ0) is 15.2. The van der Waals surface area contributed by atoms with Crippen molar-refractivity contribution >= 4 is 23.1 Å². The standard InChI is InChI=1S/C17H22ClN3/c1-4-19-17-11-10-14(18)15(20-17)12-21(5-2)16-9-7-6-8-13(16)3/h6-11H,4-5,12H2,1-3H3,(H,19,20). The van der Waals surface area contributed by atoms with Gasteiger partial charge in [0.15, 0.2) is 0 Å². The Balaban J connectivity index is 2.26. The number of benzene rings is 1. The van der Waals surface area contributed by atoms with Gasteiger partial charge in [-0.2, -0.15) is 0 Å². The minimum Gasteiger partial charge on any atom is -0.370 e. The van der Waals surface area contributed by atoms with Crippen molar-refractivity contribution in [1.29, 1.82) is 0 Å². The lowest BCUT2D eigenvalue weighted by molar-refractivity contribution is 0.807. The predicted octanol–water partition coefficient (Wildman–Crippen LogP) is 4.50. The molecule has 1 N–H and O–H groups in total. The van der Waals surface area contributed by atoms with Gasteiger partial charge >= 0.3 is 0 Å². The predicted molar refractivity (Wildman–Crippen MR) is 91.3 cm³/mol. The summed E-state index contributed by atoms with van der Waals surface area (Å²) in [5.74, 6) is 0.873. The van der Waals surface area contributed by atoms with Crippen molar-refractivity contribution in [2.24, 2.45) is 0 Å². The smallest absolute Gasteiger partial charge is 0.126 e. The van der Waals surface area contributed by atoms with E-state index in [0.29, 0.717) is 11.6 Å². The van der Waals surface area contributed by atoms with E-state index in [2.05, 4.69) is 60.2 Å². The zero-order valence-electron chi connectivity index (χ0n) is 12.9. The number of para-hydroxylation sites is 1. The second kappa shape index (κ2) is 7.32. The molecule has 0 atom stereocenters. The van der Waals surface area contributed by atoms with E-state index >= 15 is 0 Å². The summed E-state index contributed by atoms with van der Waals surface area (Å²) in [5.41, 5.74) is 3.39. The van der Waals surface area contributed by atoms with Crippen LogP contribution in [0.3, 0.4) is 0 Å². The van der Waals surface area contributed by atoms with Crippen molar-refractivity contribution in [3.8, 4) is 0 Å². The van der Waals surface area contributed by atoms with Gasteiger partial charge in [0, 0.05) is 18.8 Å². The van der Waals surface area contributed by atoms with E-state index in [4.69, 9.17) is 11.6 Å². The molecule has 0 aliphatic carbocycles. The van der Waals surface area contributed by atoms with Crippen LogP contribution in [-0.2, 0) is 6.54 Å². The summed E-state index contributed by atoms with van der Waals surface area (Å²) in [4.78, 5) is 6.91. The molecule has 0 bridgehead atoms. The van der Waals surface area contributed by atoms with Gasteiger partial charge in [-0.05, 0) is 44.5 Å². The second-order valence-electron chi connectivity index (χ2n) is 4.96. The van der Waals surface area contributed by atoms with Crippen LogP contribution in [0.4, 0.5) is 11.5 Å². The highest BCUT2D eigenvalue weighted by molar-refractivity contribution is 6.31. The Kier molecular flexibility index (Phi) is 5.45. The lowest BCUT2D eigenvalue weighted by Crippen LogP contribution is -2.23. The zero-order valence-corrected chi connectivity index (χ0v) is 13.6. The first-order valence-corrected chi connectivity index (χ1v) is 7.73. The number of hydrogen-bond donors (Lipinski definition) is 1. The van der Waals surface area contributed by atoms with Gasteiger partial charge < -0.3 is 10.2 Å². The Morgan fingerprint density at radius 1 is 1.14 bits per heavy atom. The topological polar surface area (TPSA) is 28.2 Å². The van der Waals surface area contributed by atoms with E-state index in [1.54, 1.807) is 0 Å². The molecule has 112 valence electrons. The monoisotopic (exact) mass is 303 g/mol. The molecule has 0 radical (unpaired) electrons. The van der Waals surface area contributed by atoms with Gasteiger partial charge in [-0.25, -0.2) is 4.98 Å². The first kappa shape index (κ1) is 15.6. The largest absolute Gasteiger partial charge is 0.370 e. The van der Waals surface area contributed by atoms with E-state index in [1.807, 2.05) is 12.1 Å². The molecule has 0 saturated heterocycles. The first-order valence-electron chi connectivity index (χ1n) is 7.35. The molecular formula is C17H22ClN3. The van der Waals surface area contributed by atoms with Gasteiger partial charge in [0.25, 0.3) is 0 Å². The van der Waals surface area contributed by atoms with Gasteiger partial charge in [0.2, 0.25) is 0 Å². The molecule has 2 rings (SSSR count). The molecule has 4 heteroatoms. The molecule has 1 heterocycles. The van der Waals surface area contributed by atoms with Gasteiger partial charge in [-0.15, -0.1) is 0 Å². The highest BCUT2D eigenvalue weighted by Gasteiger charge is 2.11. The van der Waals surface area contributed by atoms with Crippen molar-refractivity contribution in [3.63, 3.8) is 0 Å². The highest BCUT2D eigenvalue weighted by Crippen LogP contribution is 2.24. The van der Waals surface area contributed by atoms with Crippen LogP contribution in [-0.4, -0.2) is 18.1 Å². The normalized spacial score (nSPS) is 10.5. The van der Waals surface area contributed by atoms with Crippen LogP contribution in [0.5, 0.6) is 0 Å². The summed E-state index contributed by atoms with van der Waals surface area (Å²) >= 11 is 6.31. The third-order valence-electron chi connectivity index (χ3n) is 3.46. The third kappa shape index (κ3) is 3.88. The van der Waals surface area contributed by atoms with Crippen LogP contribution in [0.2, 0.25) is 5.02 Å². The number of aromatic nitrogens is 1. The van der Waals surface area contributed by atoms with E-state index in [9.17, 15) is 0 Å². The molecule has 0 aliphatic heterocycles. The molecule has 0 amide bonds. The van der Waals surface area contributed by atoms with Gasteiger partial charge in [-0.1, -0.05) is 29.8 Å². The number of pyridine rings is 1. The van der Waals surface area contributed by atoms with Gasteiger partial charge in [0.1, 0.15) is 5.82 Å². The highest BCUT2D eigenvalue weighted by atomic mass is 35.5. The molecule has 21 heavy (non-hydrogen) atoms. The Hall–Kier alpha value is -1.74. The molecular weight excluding hydrogens is 282 g/mol. The van der Waals surface area contributed by atoms with E-state index in [0.717, 1.165) is 24.6 Å². The summed E-state index contributed by atoms with van der Waals surface area (Å²) in [5, 5.41) is 3.94. The Bertz CT molecular complexity index is 598. The van der Waals surface area contributed by atoms with Crippen LogP contribution in [0, 0.1) is 6.92 Å². The summed E-state index contributed by atoms with van der Waals surface area (Å²) in [7, 11) is 0. The molecule has 0 saturated carbocycles. The minimum absolute atomic E-state index is 0.708. The molecule has 3 nitrogen and oxygen atoms in total. The fraction of sp³-hybridized carbons (Fsp3) is 0.353. The van der Waals surface area contributed by atoms with Crippen molar-refractivity contribution in [2.75, 3.05) is 23.3 Å². The van der Waals surface area contributed by atoms with Crippen LogP contribution in [0.1, 0.15) is 25.1 Å². The lowest BCUT2D eigenvalue weighted by Gasteiger charge is -2.25. The fourth-order valence-corrected chi connectivity index (χ4v) is 2.51. The molecule has 1 aromatic heterocycles. The summed E-state index contributed by atoms with van der Waals surface area (Å²) in [6, 6.07) is 12.2. The maximum absolute atomic E-state index is 6.31. The fourth-order valence-electron chi connectivity index (χ4n) is 2.34. The van der Waals surface area contributed by atoms with Crippen LogP contribution in [0.25, 0.3) is 0 Å². The van der Waals surface area contributed by atoms with Crippen LogP contribution in [0.15, 0.2) is 36.4 Å². The lowest BCUT2D eigenvalue weighted by atomic mass is 10.1. The Morgan fingerprint density at radius 2 is 1.90 bits per heavy atom. The summed E-state index contributed by atoms with van der Waals surface area (Å²) in [6.45, 7) is 8.80. The molecule has 0 spiro atoms. The number of halogens is 1. The number of hydrogen-bond acceptors (Lipinski definition) is 3. The van der Waals surface area contributed by atoms with E-state index in [-0.39, 0.29) is 0 Å². The SMILES string of the molecule is CCNc1ccc(Cl)c(CN(CC)c2ccccc2C)n1. The summed E-state index contributed by atoms with van der Waals surface area (Å²) < 4.78 is 0. The molecule has 0 unspecified atom stereocenters. The number of aryl methyl sites for hydroxylation is 1. The quantitative estimate of drug-likeness (QED) is 0.851. The average Bonchev–Trinajstić information content (AvgIpc) is 2.49. The Labute approximate surface area is 132 Å². The minimum atomic E-state index is 0.708. The maximum Gasteiger partial charge on any atom is 0.126 e. The second-order valence-corrected chi connectivity index (χ2v) is 5.36. The molecule has 0 aliphatic rings. The number of rotatable bonds is 6. The van der Waals surface area contributed by atoms with Crippen molar-refractivity contribution < 1.29 is 0 Å². The van der Waals surface area contributed by atoms with Crippen molar-refractivity contribution in [1.82, 2.24) is 4.98 Å². The number of anilines is 2. The van der Waals surface area contributed by atoms with E-state index in [1.165, 1.54) is 11.3 Å². The molecule has 0 fully saturated rings. The van der Waals surface area contributed by atoms with Crippen molar-refractivity contribution in [3.05, 3.63) is 52.7 Å². The van der Waals surface area contributed by atoms with Crippen LogP contribution < -0.4 is 10.2 Å². The number of nitrogens with one attached hydrogen (secondary N) is 1.